The fourth-order valence-electron chi connectivity index (χ4n) is 2.29. The Kier molecular flexibility index (Phi) is 5.91. The lowest BCUT2D eigenvalue weighted by atomic mass is 9.96. The molecule has 104 valence electrons. The highest BCUT2D eigenvalue weighted by molar-refractivity contribution is 5.74. The van der Waals surface area contributed by atoms with Crippen LogP contribution in [0, 0.1) is 11.8 Å². The van der Waals surface area contributed by atoms with E-state index in [9.17, 15) is 9.59 Å². The highest BCUT2D eigenvalue weighted by atomic mass is 16.5. The van der Waals surface area contributed by atoms with Crippen molar-refractivity contribution in [1.29, 1.82) is 0 Å². The number of amides is 2. The predicted octanol–water partition coefficient (Wildman–Crippen LogP) is 0.775. The molecule has 0 heterocycles. The molecule has 0 bridgehead atoms. The van der Waals surface area contributed by atoms with Gasteiger partial charge in [0.2, 0.25) is 0 Å². The first-order valence-corrected chi connectivity index (χ1v) is 6.27. The number of nitrogens with one attached hydrogen (secondary N) is 1. The molecule has 2 unspecified atom stereocenters. The van der Waals surface area contributed by atoms with E-state index >= 15 is 0 Å². The Morgan fingerprint density at radius 3 is 2.78 bits per heavy atom. The molecule has 0 saturated heterocycles. The lowest BCUT2D eigenvalue weighted by Crippen LogP contribution is -2.42. The Balaban J connectivity index is 2.31. The van der Waals surface area contributed by atoms with E-state index in [1.165, 1.54) is 4.90 Å². The van der Waals surface area contributed by atoms with Gasteiger partial charge in [-0.2, -0.15) is 0 Å². The van der Waals surface area contributed by atoms with E-state index in [2.05, 4.69) is 5.32 Å². The lowest BCUT2D eigenvalue weighted by molar-refractivity contribution is -0.142. The molecule has 0 aromatic rings. The van der Waals surface area contributed by atoms with E-state index in [1.807, 2.05) is 0 Å². The summed E-state index contributed by atoms with van der Waals surface area (Å²) in [5.41, 5.74) is 0. The van der Waals surface area contributed by atoms with Gasteiger partial charge in [-0.05, 0) is 18.8 Å². The van der Waals surface area contributed by atoms with Crippen LogP contribution in [0.4, 0.5) is 4.79 Å². The molecule has 1 aliphatic rings. The molecular formula is C12H22N2O4. The normalized spacial score (nSPS) is 22.8. The van der Waals surface area contributed by atoms with E-state index < -0.39 is 5.97 Å². The van der Waals surface area contributed by atoms with Crippen molar-refractivity contribution in [3.05, 3.63) is 0 Å². The monoisotopic (exact) mass is 258 g/mol. The number of nitrogens with zero attached hydrogens (tertiary/aromatic N) is 1. The van der Waals surface area contributed by atoms with Gasteiger partial charge in [0.25, 0.3) is 0 Å². The molecule has 0 aromatic heterocycles. The second-order valence-corrected chi connectivity index (χ2v) is 4.74. The minimum absolute atomic E-state index is 0.0577. The van der Waals surface area contributed by atoms with E-state index in [0.29, 0.717) is 19.7 Å². The molecule has 0 aromatic carbocycles. The number of hydrogen-bond acceptors (Lipinski definition) is 3. The average molecular weight is 258 g/mol. The fourth-order valence-corrected chi connectivity index (χ4v) is 2.29. The summed E-state index contributed by atoms with van der Waals surface area (Å²) < 4.78 is 4.89. The largest absolute Gasteiger partial charge is 0.481 e. The zero-order valence-electron chi connectivity index (χ0n) is 11.0. The molecule has 1 rings (SSSR count). The summed E-state index contributed by atoms with van der Waals surface area (Å²) in [5, 5.41) is 11.8. The Morgan fingerprint density at radius 2 is 2.17 bits per heavy atom. The van der Waals surface area contributed by atoms with Gasteiger partial charge in [-0.1, -0.05) is 6.42 Å². The second kappa shape index (κ2) is 7.20. The predicted molar refractivity (Wildman–Crippen MR) is 66.4 cm³/mol. The Morgan fingerprint density at radius 1 is 1.44 bits per heavy atom. The third kappa shape index (κ3) is 4.18. The molecule has 2 atom stereocenters. The molecule has 18 heavy (non-hydrogen) atoms. The van der Waals surface area contributed by atoms with E-state index in [0.717, 1.165) is 19.3 Å². The summed E-state index contributed by atoms with van der Waals surface area (Å²) in [7, 11) is 3.28. The van der Waals surface area contributed by atoms with Gasteiger partial charge in [0, 0.05) is 27.2 Å². The molecule has 0 radical (unpaired) electrons. The minimum atomic E-state index is -0.750. The van der Waals surface area contributed by atoms with Crippen LogP contribution < -0.4 is 5.32 Å². The topological polar surface area (TPSA) is 78.9 Å². The number of aliphatic carboxylic acids is 1. The standard InChI is InChI=1S/C12H22N2O4/c1-14(6-7-18-2)12(17)13-8-9-4-3-5-10(9)11(15)16/h9-10H,3-8H2,1-2H3,(H,13,17)(H,15,16). The van der Waals surface area contributed by atoms with E-state index in [1.54, 1.807) is 14.2 Å². The SMILES string of the molecule is COCCN(C)C(=O)NCC1CCCC1C(=O)O. The first kappa shape index (κ1) is 14.8. The quantitative estimate of drug-likeness (QED) is 0.737. The number of carbonyl (C=O) groups is 2. The Labute approximate surface area is 107 Å². The summed E-state index contributed by atoms with van der Waals surface area (Å²) in [6, 6.07) is -0.178. The van der Waals surface area contributed by atoms with Crippen LogP contribution >= 0.6 is 0 Å². The van der Waals surface area contributed by atoms with Crippen molar-refractivity contribution in [2.24, 2.45) is 11.8 Å². The molecule has 0 aliphatic heterocycles. The van der Waals surface area contributed by atoms with Crippen LogP contribution in [-0.2, 0) is 9.53 Å². The number of likely N-dealkylation sites (N-methyl/N-ethyl adjacent to an activating group) is 1. The van der Waals surface area contributed by atoms with Crippen LogP contribution in [0.25, 0.3) is 0 Å². The van der Waals surface area contributed by atoms with Crippen LogP contribution in [0.15, 0.2) is 0 Å². The maximum absolute atomic E-state index is 11.7. The Hall–Kier alpha value is -1.30. The maximum Gasteiger partial charge on any atom is 0.317 e. The molecule has 1 fully saturated rings. The van der Waals surface area contributed by atoms with Crippen molar-refractivity contribution in [2.75, 3.05) is 33.9 Å². The van der Waals surface area contributed by atoms with Crippen molar-refractivity contribution in [3.63, 3.8) is 0 Å². The van der Waals surface area contributed by atoms with Crippen LogP contribution in [0.5, 0.6) is 0 Å². The first-order chi connectivity index (χ1) is 8.56. The summed E-state index contributed by atoms with van der Waals surface area (Å²) >= 11 is 0. The number of hydrogen-bond donors (Lipinski definition) is 2. The smallest absolute Gasteiger partial charge is 0.317 e. The zero-order valence-corrected chi connectivity index (χ0v) is 11.0. The number of urea groups is 1. The molecule has 6 heteroatoms. The fraction of sp³-hybridized carbons (Fsp3) is 0.833. The van der Waals surface area contributed by atoms with Crippen molar-refractivity contribution in [3.8, 4) is 0 Å². The molecule has 6 nitrogen and oxygen atoms in total. The van der Waals surface area contributed by atoms with Gasteiger partial charge < -0.3 is 20.1 Å². The van der Waals surface area contributed by atoms with Gasteiger partial charge in [0.15, 0.2) is 0 Å². The van der Waals surface area contributed by atoms with Crippen LogP contribution in [0.1, 0.15) is 19.3 Å². The number of carboxylic acids is 1. The zero-order chi connectivity index (χ0) is 13.5. The number of methoxy groups -OCH3 is 1. The third-order valence-corrected chi connectivity index (χ3v) is 3.47. The molecule has 1 aliphatic carbocycles. The third-order valence-electron chi connectivity index (χ3n) is 3.47. The number of carboxylic acid groups (broad SMARTS) is 1. The summed E-state index contributed by atoms with van der Waals surface area (Å²) in [5.74, 6) is -1.00. The van der Waals surface area contributed by atoms with Gasteiger partial charge in [0.05, 0.1) is 12.5 Å². The lowest BCUT2D eigenvalue weighted by Gasteiger charge is -2.21. The second-order valence-electron chi connectivity index (χ2n) is 4.74. The number of ether oxygens (including phenoxy) is 1. The summed E-state index contributed by atoms with van der Waals surface area (Å²) in [4.78, 5) is 24.2. The highest BCUT2D eigenvalue weighted by Gasteiger charge is 2.32. The molecule has 2 amide bonds. The summed E-state index contributed by atoms with van der Waals surface area (Å²) in [6.07, 6.45) is 2.52. The summed E-state index contributed by atoms with van der Waals surface area (Å²) in [6.45, 7) is 1.45. The van der Waals surface area contributed by atoms with Crippen molar-refractivity contribution in [2.45, 2.75) is 19.3 Å². The molecule has 0 spiro atoms. The number of rotatable bonds is 6. The van der Waals surface area contributed by atoms with Crippen LogP contribution in [-0.4, -0.2) is 55.9 Å². The van der Waals surface area contributed by atoms with Gasteiger partial charge in [0.1, 0.15) is 0 Å². The first-order valence-electron chi connectivity index (χ1n) is 6.27. The van der Waals surface area contributed by atoms with Gasteiger partial charge in [-0.15, -0.1) is 0 Å². The van der Waals surface area contributed by atoms with E-state index in [4.69, 9.17) is 9.84 Å². The van der Waals surface area contributed by atoms with Crippen molar-refractivity contribution >= 4 is 12.0 Å². The average Bonchev–Trinajstić information content (AvgIpc) is 2.81. The maximum atomic E-state index is 11.7. The van der Waals surface area contributed by atoms with E-state index in [-0.39, 0.29) is 17.9 Å². The van der Waals surface area contributed by atoms with Gasteiger partial charge in [-0.3, -0.25) is 4.79 Å². The molecular weight excluding hydrogens is 236 g/mol. The number of carbonyl (C=O) groups excluding carboxylic acids is 1. The van der Waals surface area contributed by atoms with Gasteiger partial charge in [-0.25, -0.2) is 4.79 Å². The minimum Gasteiger partial charge on any atom is -0.481 e. The van der Waals surface area contributed by atoms with Gasteiger partial charge >= 0.3 is 12.0 Å². The van der Waals surface area contributed by atoms with Crippen LogP contribution in [0.2, 0.25) is 0 Å². The van der Waals surface area contributed by atoms with Crippen molar-refractivity contribution < 1.29 is 19.4 Å². The molecule has 2 N–H and O–H groups in total. The Bertz CT molecular complexity index is 296. The highest BCUT2D eigenvalue weighted by Crippen LogP contribution is 2.31. The van der Waals surface area contributed by atoms with Crippen LogP contribution in [0.3, 0.4) is 0 Å². The molecule has 1 saturated carbocycles. The van der Waals surface area contributed by atoms with Crippen molar-refractivity contribution in [1.82, 2.24) is 10.2 Å².